The first-order valence-corrected chi connectivity index (χ1v) is 11.2. The molecule has 0 radical (unpaired) electrons. The van der Waals surface area contributed by atoms with Gasteiger partial charge in [-0.2, -0.15) is 4.98 Å². The van der Waals surface area contributed by atoms with Gasteiger partial charge in [0.2, 0.25) is 11.8 Å². The highest BCUT2D eigenvalue weighted by molar-refractivity contribution is 5.89. The van der Waals surface area contributed by atoms with Crippen molar-refractivity contribution in [3.8, 4) is 17.0 Å². The number of hydrogen-bond acceptors (Lipinski definition) is 8. The Labute approximate surface area is 210 Å². The van der Waals surface area contributed by atoms with Crippen molar-refractivity contribution in [2.24, 2.45) is 0 Å². The SMILES string of the molecule is [2H]C([2H])([2H])Oc1nc(N[C@@H]2CN(C3COC3)CC2(F)F)nn2cc(F)c(-c3ccc4nnn(CC(F)F)c4c3)c12. The number of nitrogens with one attached hydrogen (secondary N) is 1. The average Bonchev–Trinajstić information content (AvgIpc) is 3.44. The van der Waals surface area contributed by atoms with Crippen LogP contribution in [0.15, 0.2) is 24.4 Å². The number of nitrogens with zero attached hydrogens (tertiary/aromatic N) is 7. The maximum atomic E-state index is 15.4. The Balaban J connectivity index is 1.41. The molecule has 2 fully saturated rings. The summed E-state index contributed by atoms with van der Waals surface area (Å²) in [6.07, 6.45) is -1.81. The van der Waals surface area contributed by atoms with Crippen LogP contribution in [0.3, 0.4) is 0 Å². The molecule has 6 rings (SSSR count). The van der Waals surface area contributed by atoms with E-state index < -0.39 is 56.2 Å². The topological polar surface area (TPSA) is 94.6 Å². The summed E-state index contributed by atoms with van der Waals surface area (Å²) >= 11 is 0. The zero-order chi connectivity index (χ0) is 28.4. The summed E-state index contributed by atoms with van der Waals surface area (Å²) in [6, 6.07) is 2.67. The maximum Gasteiger partial charge on any atom is 0.281 e. The molecule has 15 heteroatoms. The van der Waals surface area contributed by atoms with Crippen LogP contribution in [-0.4, -0.2) is 92.3 Å². The number of alkyl halides is 4. The monoisotopic (exact) mass is 527 g/mol. The number of ether oxygens (including phenoxy) is 2. The van der Waals surface area contributed by atoms with Crippen molar-refractivity contribution in [1.82, 2.24) is 34.5 Å². The van der Waals surface area contributed by atoms with Gasteiger partial charge < -0.3 is 14.8 Å². The fourth-order valence-corrected chi connectivity index (χ4v) is 4.65. The predicted octanol–water partition coefficient (Wildman–Crippen LogP) is 2.68. The van der Waals surface area contributed by atoms with Gasteiger partial charge >= 0.3 is 0 Å². The Hall–Kier alpha value is -3.59. The second-order valence-corrected chi connectivity index (χ2v) is 8.93. The minimum atomic E-state index is -3.17. The Kier molecular flexibility index (Phi) is 4.85. The van der Waals surface area contributed by atoms with Gasteiger partial charge in [-0.05, 0) is 17.7 Å². The van der Waals surface area contributed by atoms with Crippen LogP contribution in [-0.2, 0) is 11.3 Å². The molecule has 196 valence electrons. The molecule has 2 aliphatic rings. The number of aromatic nitrogens is 6. The molecule has 1 atom stereocenters. The smallest absolute Gasteiger partial charge is 0.281 e. The highest BCUT2D eigenvalue weighted by Crippen LogP contribution is 2.36. The lowest BCUT2D eigenvalue weighted by atomic mass is 10.1. The Morgan fingerprint density at radius 1 is 1.32 bits per heavy atom. The molecule has 1 aromatic carbocycles. The van der Waals surface area contributed by atoms with E-state index in [0.29, 0.717) is 13.2 Å². The van der Waals surface area contributed by atoms with Crippen LogP contribution in [0.25, 0.3) is 27.7 Å². The lowest BCUT2D eigenvalue weighted by Crippen LogP contribution is -2.48. The molecule has 1 N–H and O–H groups in total. The summed E-state index contributed by atoms with van der Waals surface area (Å²) in [5.41, 5.74) is 0.192. The second-order valence-electron chi connectivity index (χ2n) is 8.93. The van der Waals surface area contributed by atoms with Crippen LogP contribution in [0, 0.1) is 5.82 Å². The molecule has 2 aliphatic heterocycles. The van der Waals surface area contributed by atoms with Crippen LogP contribution >= 0.6 is 0 Å². The zero-order valence-corrected chi connectivity index (χ0v) is 18.9. The van der Waals surface area contributed by atoms with Crippen molar-refractivity contribution in [2.75, 3.05) is 38.7 Å². The van der Waals surface area contributed by atoms with Crippen LogP contribution in [0.4, 0.5) is 27.9 Å². The van der Waals surface area contributed by atoms with Gasteiger partial charge in [0.05, 0.1) is 54.2 Å². The van der Waals surface area contributed by atoms with E-state index in [-0.39, 0.29) is 40.3 Å². The van der Waals surface area contributed by atoms with Gasteiger partial charge in [0.25, 0.3) is 12.3 Å². The summed E-state index contributed by atoms with van der Waals surface area (Å²) in [5, 5.41) is 14.2. The third-order valence-corrected chi connectivity index (χ3v) is 6.54. The first-order chi connectivity index (χ1) is 18.9. The van der Waals surface area contributed by atoms with E-state index in [2.05, 4.69) is 25.7 Å². The minimum Gasteiger partial charge on any atom is -0.479 e. The van der Waals surface area contributed by atoms with Crippen molar-refractivity contribution in [1.29, 1.82) is 0 Å². The zero-order valence-electron chi connectivity index (χ0n) is 21.9. The van der Waals surface area contributed by atoms with Crippen LogP contribution in [0.5, 0.6) is 5.88 Å². The average molecular weight is 527 g/mol. The van der Waals surface area contributed by atoms with Gasteiger partial charge in [-0.3, -0.25) is 4.90 Å². The number of likely N-dealkylation sites (tertiary alicyclic amines) is 1. The lowest BCUT2D eigenvalue weighted by Gasteiger charge is -2.34. The number of anilines is 1. The first-order valence-electron chi connectivity index (χ1n) is 12.7. The van der Waals surface area contributed by atoms with Crippen molar-refractivity contribution >= 4 is 22.5 Å². The molecule has 2 saturated heterocycles. The summed E-state index contributed by atoms with van der Waals surface area (Å²) in [6.45, 7) is -0.623. The summed E-state index contributed by atoms with van der Waals surface area (Å²) in [4.78, 5) is 5.61. The molecule has 0 unspecified atom stereocenters. The molecular formula is C22H21F5N8O2. The van der Waals surface area contributed by atoms with Gasteiger partial charge in [0.15, 0.2) is 5.82 Å². The number of hydrogen-bond donors (Lipinski definition) is 1. The molecule has 0 aliphatic carbocycles. The lowest BCUT2D eigenvalue weighted by molar-refractivity contribution is -0.0711. The van der Waals surface area contributed by atoms with Gasteiger partial charge in [0.1, 0.15) is 23.6 Å². The predicted molar refractivity (Wildman–Crippen MR) is 121 cm³/mol. The molecule has 0 amide bonds. The summed E-state index contributed by atoms with van der Waals surface area (Å²) in [7, 11) is -3.04. The Morgan fingerprint density at radius 2 is 2.16 bits per heavy atom. The number of benzene rings is 1. The summed E-state index contributed by atoms with van der Waals surface area (Å²) in [5.74, 6) is -5.05. The molecule has 0 spiro atoms. The van der Waals surface area contributed by atoms with E-state index in [0.717, 1.165) is 15.4 Å². The van der Waals surface area contributed by atoms with Gasteiger partial charge in [-0.25, -0.2) is 31.1 Å². The highest BCUT2D eigenvalue weighted by Gasteiger charge is 2.51. The molecule has 3 aromatic heterocycles. The number of methoxy groups -OCH3 is 1. The third-order valence-electron chi connectivity index (χ3n) is 6.54. The van der Waals surface area contributed by atoms with E-state index in [1.54, 1.807) is 4.90 Å². The maximum absolute atomic E-state index is 15.4. The molecular weight excluding hydrogens is 503 g/mol. The second kappa shape index (κ2) is 8.76. The normalized spacial score (nSPS) is 21.8. The fraction of sp³-hybridized carbons (Fsp3) is 0.455. The molecule has 0 bridgehead atoms. The van der Waals surface area contributed by atoms with Crippen molar-refractivity contribution in [2.45, 2.75) is 31.0 Å². The third kappa shape index (κ3) is 4.11. The van der Waals surface area contributed by atoms with E-state index in [1.165, 1.54) is 18.2 Å². The van der Waals surface area contributed by atoms with E-state index in [9.17, 15) is 17.6 Å². The molecule has 10 nitrogen and oxygen atoms in total. The number of rotatable bonds is 7. The van der Waals surface area contributed by atoms with Crippen molar-refractivity contribution in [3.05, 3.63) is 30.2 Å². The minimum absolute atomic E-state index is 0.0521. The number of fused-ring (bicyclic) bond motifs is 2. The summed E-state index contributed by atoms with van der Waals surface area (Å²) < 4.78 is 106. The van der Waals surface area contributed by atoms with E-state index in [4.69, 9.17) is 13.6 Å². The highest BCUT2D eigenvalue weighted by atomic mass is 19.3. The van der Waals surface area contributed by atoms with E-state index in [1.807, 2.05) is 0 Å². The quantitative estimate of drug-likeness (QED) is 0.367. The largest absolute Gasteiger partial charge is 0.479 e. The molecule has 37 heavy (non-hydrogen) atoms. The van der Waals surface area contributed by atoms with Gasteiger partial charge in [-0.1, -0.05) is 11.3 Å². The van der Waals surface area contributed by atoms with Crippen LogP contribution in [0.2, 0.25) is 0 Å². The van der Waals surface area contributed by atoms with Crippen LogP contribution < -0.4 is 10.1 Å². The Morgan fingerprint density at radius 3 is 2.89 bits per heavy atom. The fourth-order valence-electron chi connectivity index (χ4n) is 4.65. The van der Waals surface area contributed by atoms with Crippen molar-refractivity contribution in [3.63, 3.8) is 0 Å². The Bertz CT molecular complexity index is 1580. The number of halogens is 5. The van der Waals surface area contributed by atoms with E-state index >= 15 is 4.39 Å². The van der Waals surface area contributed by atoms with Crippen LogP contribution in [0.1, 0.15) is 4.11 Å². The molecule has 0 saturated carbocycles. The van der Waals surface area contributed by atoms with Gasteiger partial charge in [-0.15, -0.1) is 10.2 Å². The standard InChI is InChI=1S/C22H21F5N8O2/c1-36-20-19-18(11-2-3-14-15(4-11)34(32-30-14)7-17(24)25)13(23)5-35(19)31-21(29-20)28-16-6-33(10-22(16,26)27)12-8-37-9-12/h2-5,12,16-17H,6-10H2,1H3,(H,28,31)/t16-/m1/s1/i1D3. The first kappa shape index (κ1) is 20.5. The van der Waals surface area contributed by atoms with Gasteiger partial charge in [0, 0.05) is 6.54 Å². The molecule has 5 heterocycles. The molecule has 4 aromatic rings. The van der Waals surface area contributed by atoms with Crippen molar-refractivity contribution < 1.29 is 35.5 Å².